The molecule has 0 aromatic carbocycles. The summed E-state index contributed by atoms with van der Waals surface area (Å²) in [4.78, 5) is 12.0. The lowest BCUT2D eigenvalue weighted by molar-refractivity contribution is -0.156. The zero-order chi connectivity index (χ0) is 14.1. The summed E-state index contributed by atoms with van der Waals surface area (Å²) in [5.41, 5.74) is -0.571. The number of hydrogen-bond acceptors (Lipinski definition) is 3. The Bertz CT molecular complexity index is 436. The molecule has 4 heteroatoms. The molecular formula is C16H24O4. The summed E-state index contributed by atoms with van der Waals surface area (Å²) in [6.45, 7) is 4.35. The van der Waals surface area contributed by atoms with E-state index in [9.17, 15) is 9.90 Å². The van der Waals surface area contributed by atoms with Crippen molar-refractivity contribution in [3.63, 3.8) is 0 Å². The quantitative estimate of drug-likeness (QED) is 0.807. The smallest absolute Gasteiger partial charge is 0.310 e. The van der Waals surface area contributed by atoms with Gasteiger partial charge in [-0.05, 0) is 49.9 Å². The fourth-order valence-electron chi connectivity index (χ4n) is 4.89. The average molecular weight is 280 g/mol. The molecule has 2 aliphatic carbocycles. The largest absolute Gasteiger partial charge is 0.481 e. The van der Waals surface area contributed by atoms with Gasteiger partial charge in [-0.3, -0.25) is 4.79 Å². The Morgan fingerprint density at radius 3 is 2.75 bits per heavy atom. The third-order valence-electron chi connectivity index (χ3n) is 6.54. The number of rotatable bonds is 3. The maximum Gasteiger partial charge on any atom is 0.310 e. The minimum Gasteiger partial charge on any atom is -0.481 e. The van der Waals surface area contributed by atoms with E-state index in [2.05, 4.69) is 13.8 Å². The van der Waals surface area contributed by atoms with Gasteiger partial charge in [0.25, 0.3) is 0 Å². The Kier molecular flexibility index (Phi) is 2.75. The molecule has 0 spiro atoms. The highest BCUT2D eigenvalue weighted by Crippen LogP contribution is 2.56. The molecule has 0 bridgehead atoms. The van der Waals surface area contributed by atoms with Crippen LogP contribution in [-0.4, -0.2) is 35.5 Å². The number of carbonyl (C=O) groups is 1. The van der Waals surface area contributed by atoms with E-state index in [-0.39, 0.29) is 12.0 Å². The van der Waals surface area contributed by atoms with E-state index in [0.717, 1.165) is 25.7 Å². The Morgan fingerprint density at radius 2 is 2.00 bits per heavy atom. The number of fused-ring (bicyclic) bond motifs is 2. The van der Waals surface area contributed by atoms with Crippen LogP contribution in [0.2, 0.25) is 0 Å². The molecule has 8 unspecified atom stereocenters. The van der Waals surface area contributed by atoms with Crippen molar-refractivity contribution in [1.29, 1.82) is 0 Å². The first-order valence-electron chi connectivity index (χ1n) is 8.05. The minimum absolute atomic E-state index is 0.214. The summed E-state index contributed by atoms with van der Waals surface area (Å²) in [5, 5.41) is 9.90. The molecule has 112 valence electrons. The molecule has 4 aliphatic rings. The Hall–Kier alpha value is -0.610. The van der Waals surface area contributed by atoms with Crippen LogP contribution in [-0.2, 0) is 14.3 Å². The van der Waals surface area contributed by atoms with Crippen LogP contribution in [0, 0.1) is 23.2 Å². The van der Waals surface area contributed by atoms with Gasteiger partial charge in [0.15, 0.2) is 0 Å². The van der Waals surface area contributed by atoms with Crippen LogP contribution >= 0.6 is 0 Å². The van der Waals surface area contributed by atoms with E-state index in [0.29, 0.717) is 36.6 Å². The van der Waals surface area contributed by atoms with Gasteiger partial charge in [-0.2, -0.15) is 0 Å². The highest BCUT2D eigenvalue weighted by atomic mass is 16.6. The van der Waals surface area contributed by atoms with Gasteiger partial charge in [-0.1, -0.05) is 13.8 Å². The number of carboxylic acid groups (broad SMARTS) is 1. The third-order valence-corrected chi connectivity index (χ3v) is 6.54. The van der Waals surface area contributed by atoms with Gasteiger partial charge in [0.1, 0.15) is 0 Å². The van der Waals surface area contributed by atoms with Crippen molar-refractivity contribution in [2.24, 2.45) is 23.2 Å². The zero-order valence-electron chi connectivity index (χ0n) is 12.2. The Morgan fingerprint density at radius 1 is 1.20 bits per heavy atom. The molecule has 4 fully saturated rings. The number of hydrogen-bond donors (Lipinski definition) is 1. The Labute approximate surface area is 119 Å². The lowest BCUT2D eigenvalue weighted by Gasteiger charge is -2.41. The maximum absolute atomic E-state index is 12.0. The van der Waals surface area contributed by atoms with Crippen LogP contribution in [0.3, 0.4) is 0 Å². The molecule has 0 amide bonds. The molecule has 2 saturated carbocycles. The number of epoxide rings is 2. The minimum atomic E-state index is -0.606. The van der Waals surface area contributed by atoms with Crippen LogP contribution in [0.25, 0.3) is 0 Å². The second-order valence-corrected chi connectivity index (χ2v) is 7.55. The highest BCUT2D eigenvalue weighted by Gasteiger charge is 2.59. The fraction of sp³-hybridized carbons (Fsp3) is 0.938. The van der Waals surface area contributed by atoms with E-state index >= 15 is 0 Å². The van der Waals surface area contributed by atoms with Gasteiger partial charge < -0.3 is 14.6 Å². The van der Waals surface area contributed by atoms with Crippen LogP contribution in [0.15, 0.2) is 0 Å². The third kappa shape index (κ3) is 1.84. The van der Waals surface area contributed by atoms with E-state index in [1.165, 1.54) is 0 Å². The molecule has 2 saturated heterocycles. The molecule has 0 aromatic heterocycles. The molecule has 2 heterocycles. The van der Waals surface area contributed by atoms with Crippen LogP contribution < -0.4 is 0 Å². The van der Waals surface area contributed by atoms with Gasteiger partial charge >= 0.3 is 5.97 Å². The van der Waals surface area contributed by atoms with E-state index < -0.39 is 11.4 Å². The zero-order valence-corrected chi connectivity index (χ0v) is 12.2. The van der Waals surface area contributed by atoms with Crippen molar-refractivity contribution in [2.45, 2.75) is 70.4 Å². The SMILES string of the molecule is CC1C(CC2(C(=O)O)CC3OC3CC2C)CCC2OC21. The predicted octanol–water partition coefficient (Wildman–Crippen LogP) is 2.46. The standard InChI is InChI=1S/C16H24O4/c1-8-5-12-13(19-12)7-16(8,15(17)18)6-10-3-4-11-14(20-11)9(10)2/h8-14H,3-7H2,1-2H3,(H,17,18). The molecule has 0 radical (unpaired) electrons. The number of aliphatic carboxylic acids is 1. The van der Waals surface area contributed by atoms with Crippen LogP contribution in [0.5, 0.6) is 0 Å². The van der Waals surface area contributed by atoms with Crippen molar-refractivity contribution >= 4 is 5.97 Å². The molecule has 1 N–H and O–H groups in total. The second-order valence-electron chi connectivity index (χ2n) is 7.55. The summed E-state index contributed by atoms with van der Waals surface area (Å²) in [5.74, 6) is 0.612. The molecule has 4 nitrogen and oxygen atoms in total. The molecule has 8 atom stereocenters. The summed E-state index contributed by atoms with van der Waals surface area (Å²) >= 11 is 0. The lowest BCUT2D eigenvalue weighted by Crippen LogP contribution is -2.45. The van der Waals surface area contributed by atoms with Crippen molar-refractivity contribution in [1.82, 2.24) is 0 Å². The van der Waals surface area contributed by atoms with E-state index in [1.54, 1.807) is 0 Å². The lowest BCUT2D eigenvalue weighted by atomic mass is 9.60. The van der Waals surface area contributed by atoms with Gasteiger partial charge in [0.2, 0.25) is 0 Å². The Balaban J connectivity index is 1.54. The van der Waals surface area contributed by atoms with Gasteiger partial charge in [-0.25, -0.2) is 0 Å². The normalized spacial score (nSPS) is 56.6. The summed E-state index contributed by atoms with van der Waals surface area (Å²) < 4.78 is 11.3. The van der Waals surface area contributed by atoms with Crippen LogP contribution in [0.4, 0.5) is 0 Å². The predicted molar refractivity (Wildman–Crippen MR) is 72.3 cm³/mol. The number of carboxylic acids is 1. The average Bonchev–Trinajstić information content (AvgIpc) is 3.27. The highest BCUT2D eigenvalue weighted by molar-refractivity contribution is 5.75. The van der Waals surface area contributed by atoms with Crippen LogP contribution in [0.1, 0.15) is 46.0 Å². The van der Waals surface area contributed by atoms with Crippen molar-refractivity contribution < 1.29 is 19.4 Å². The van der Waals surface area contributed by atoms with Gasteiger partial charge in [-0.15, -0.1) is 0 Å². The molecule has 4 rings (SSSR count). The summed E-state index contributed by atoms with van der Waals surface area (Å²) in [7, 11) is 0. The topological polar surface area (TPSA) is 62.4 Å². The molecule has 20 heavy (non-hydrogen) atoms. The second kappa shape index (κ2) is 4.20. The number of ether oxygens (including phenoxy) is 2. The van der Waals surface area contributed by atoms with E-state index in [4.69, 9.17) is 9.47 Å². The van der Waals surface area contributed by atoms with Crippen molar-refractivity contribution in [3.8, 4) is 0 Å². The molecule has 2 aliphatic heterocycles. The first-order chi connectivity index (χ1) is 9.51. The maximum atomic E-state index is 12.0. The van der Waals surface area contributed by atoms with Gasteiger partial charge in [0, 0.05) is 0 Å². The first-order valence-corrected chi connectivity index (χ1v) is 8.05. The molecular weight excluding hydrogens is 256 g/mol. The molecule has 0 aromatic rings. The summed E-state index contributed by atoms with van der Waals surface area (Å²) in [6, 6.07) is 0. The van der Waals surface area contributed by atoms with Crippen molar-refractivity contribution in [3.05, 3.63) is 0 Å². The van der Waals surface area contributed by atoms with Gasteiger partial charge in [0.05, 0.1) is 29.8 Å². The van der Waals surface area contributed by atoms with Crippen molar-refractivity contribution in [2.75, 3.05) is 0 Å². The first kappa shape index (κ1) is 13.1. The fourth-order valence-corrected chi connectivity index (χ4v) is 4.89. The summed E-state index contributed by atoms with van der Waals surface area (Å²) in [6.07, 6.45) is 6.12. The van der Waals surface area contributed by atoms with E-state index in [1.807, 2.05) is 0 Å². The monoisotopic (exact) mass is 280 g/mol.